The Hall–Kier alpha value is -0.570. The van der Waals surface area contributed by atoms with Crippen molar-refractivity contribution in [3.63, 3.8) is 0 Å². The average Bonchev–Trinajstić information content (AvgIpc) is 2.56. The van der Waals surface area contributed by atoms with E-state index in [9.17, 15) is 0 Å². The standard InChI is InChI=1S/C10H20N2O.C2H6/c1-5-10(13-11-6-2)7-9(3)12(4)8-10;1-2/h6,9H,5,7-8H2,1-4H3;1-2H3/b11-6-;. The Morgan fingerprint density at radius 3 is 2.47 bits per heavy atom. The monoisotopic (exact) mass is 214 g/mol. The molecule has 2 atom stereocenters. The van der Waals surface area contributed by atoms with E-state index in [1.165, 1.54) is 0 Å². The third-order valence-electron chi connectivity index (χ3n) is 2.95. The van der Waals surface area contributed by atoms with Gasteiger partial charge >= 0.3 is 0 Å². The molecule has 0 amide bonds. The zero-order valence-electron chi connectivity index (χ0n) is 11.1. The van der Waals surface area contributed by atoms with E-state index in [2.05, 4.69) is 31.0 Å². The lowest BCUT2D eigenvalue weighted by Crippen LogP contribution is -2.33. The highest BCUT2D eigenvalue weighted by molar-refractivity contribution is 5.52. The number of likely N-dealkylation sites (tertiary alicyclic amines) is 1. The number of hydrogen-bond donors (Lipinski definition) is 0. The maximum atomic E-state index is 5.56. The van der Waals surface area contributed by atoms with E-state index >= 15 is 0 Å². The molecule has 1 heterocycles. The molecule has 2 unspecified atom stereocenters. The van der Waals surface area contributed by atoms with Crippen LogP contribution in [0.1, 0.15) is 47.5 Å². The van der Waals surface area contributed by atoms with E-state index in [4.69, 9.17) is 4.84 Å². The Labute approximate surface area is 94.5 Å². The van der Waals surface area contributed by atoms with Crippen LogP contribution in [-0.4, -0.2) is 36.3 Å². The molecule has 15 heavy (non-hydrogen) atoms. The largest absolute Gasteiger partial charge is 0.388 e. The summed E-state index contributed by atoms with van der Waals surface area (Å²) in [6.45, 7) is 11.3. The van der Waals surface area contributed by atoms with Gasteiger partial charge < -0.3 is 4.84 Å². The van der Waals surface area contributed by atoms with Crippen LogP contribution in [0.5, 0.6) is 0 Å². The number of likely N-dealkylation sites (N-methyl/N-ethyl adjacent to an activating group) is 1. The van der Waals surface area contributed by atoms with Gasteiger partial charge in [0.1, 0.15) is 0 Å². The highest BCUT2D eigenvalue weighted by Gasteiger charge is 2.41. The van der Waals surface area contributed by atoms with E-state index in [0.29, 0.717) is 6.04 Å². The van der Waals surface area contributed by atoms with Crippen LogP contribution >= 0.6 is 0 Å². The molecule has 3 nitrogen and oxygen atoms in total. The summed E-state index contributed by atoms with van der Waals surface area (Å²) >= 11 is 0. The number of hydrogen-bond acceptors (Lipinski definition) is 3. The molecule has 0 aliphatic carbocycles. The summed E-state index contributed by atoms with van der Waals surface area (Å²) in [5.74, 6) is 0. The minimum Gasteiger partial charge on any atom is -0.388 e. The lowest BCUT2D eigenvalue weighted by atomic mass is 9.98. The molecule has 0 saturated carbocycles. The third-order valence-corrected chi connectivity index (χ3v) is 2.95. The second-order valence-electron chi connectivity index (χ2n) is 3.96. The topological polar surface area (TPSA) is 24.8 Å². The van der Waals surface area contributed by atoms with Crippen LogP contribution in [0.4, 0.5) is 0 Å². The Bertz CT molecular complexity index is 182. The molecule has 0 radical (unpaired) electrons. The fourth-order valence-electron chi connectivity index (χ4n) is 1.92. The average molecular weight is 214 g/mol. The van der Waals surface area contributed by atoms with Crippen molar-refractivity contribution in [3.05, 3.63) is 0 Å². The maximum Gasteiger partial charge on any atom is 0.151 e. The molecule has 0 spiro atoms. The summed E-state index contributed by atoms with van der Waals surface area (Å²) < 4.78 is 0. The molecular weight excluding hydrogens is 188 g/mol. The minimum absolute atomic E-state index is 0.0410. The molecular formula is C12H26N2O. The van der Waals surface area contributed by atoms with E-state index < -0.39 is 0 Å². The Balaban J connectivity index is 0.000000921. The Morgan fingerprint density at radius 2 is 2.13 bits per heavy atom. The second kappa shape index (κ2) is 6.83. The molecule has 0 N–H and O–H groups in total. The van der Waals surface area contributed by atoms with Crippen LogP contribution in [0, 0.1) is 0 Å². The van der Waals surface area contributed by atoms with E-state index in [1.54, 1.807) is 6.21 Å². The minimum atomic E-state index is -0.0410. The molecule has 0 bridgehead atoms. The summed E-state index contributed by atoms with van der Waals surface area (Å²) in [7, 11) is 2.14. The van der Waals surface area contributed by atoms with Crippen LogP contribution in [0.25, 0.3) is 0 Å². The molecule has 90 valence electrons. The first-order chi connectivity index (χ1) is 7.13. The summed E-state index contributed by atoms with van der Waals surface area (Å²) in [6.07, 6.45) is 3.82. The lowest BCUT2D eigenvalue weighted by molar-refractivity contribution is -0.0360. The van der Waals surface area contributed by atoms with Gasteiger partial charge in [-0.25, -0.2) is 0 Å². The maximum absolute atomic E-state index is 5.56. The lowest BCUT2D eigenvalue weighted by Gasteiger charge is -2.24. The Kier molecular flexibility index (Phi) is 6.57. The molecule has 3 heteroatoms. The second-order valence-corrected chi connectivity index (χ2v) is 3.96. The molecule has 1 fully saturated rings. The van der Waals surface area contributed by atoms with Crippen molar-refractivity contribution in [1.29, 1.82) is 0 Å². The van der Waals surface area contributed by atoms with Crippen LogP contribution in [0.15, 0.2) is 5.16 Å². The number of nitrogens with zero attached hydrogens (tertiary/aromatic N) is 2. The van der Waals surface area contributed by atoms with Crippen molar-refractivity contribution < 1.29 is 4.84 Å². The van der Waals surface area contributed by atoms with Gasteiger partial charge in [0.05, 0.1) is 0 Å². The molecule has 1 saturated heterocycles. The fourth-order valence-corrected chi connectivity index (χ4v) is 1.92. The third kappa shape index (κ3) is 3.82. The summed E-state index contributed by atoms with van der Waals surface area (Å²) in [4.78, 5) is 7.89. The van der Waals surface area contributed by atoms with Gasteiger partial charge in [0, 0.05) is 25.2 Å². The first-order valence-corrected chi connectivity index (χ1v) is 6.00. The first kappa shape index (κ1) is 14.4. The van der Waals surface area contributed by atoms with Crippen LogP contribution < -0.4 is 0 Å². The highest BCUT2D eigenvalue weighted by atomic mass is 16.6. The smallest absolute Gasteiger partial charge is 0.151 e. The van der Waals surface area contributed by atoms with Gasteiger partial charge in [-0.15, -0.1) is 0 Å². The zero-order chi connectivity index (χ0) is 11.9. The van der Waals surface area contributed by atoms with Gasteiger partial charge in [0.15, 0.2) is 5.60 Å². The summed E-state index contributed by atoms with van der Waals surface area (Å²) in [6, 6.07) is 0.604. The molecule has 0 aromatic carbocycles. The number of rotatable bonds is 3. The molecule has 1 aliphatic rings. The van der Waals surface area contributed by atoms with Gasteiger partial charge in [-0.05, 0) is 27.3 Å². The highest BCUT2D eigenvalue weighted by Crippen LogP contribution is 2.32. The van der Waals surface area contributed by atoms with E-state index in [0.717, 1.165) is 19.4 Å². The number of oxime groups is 1. The van der Waals surface area contributed by atoms with Gasteiger partial charge in [0.25, 0.3) is 0 Å². The van der Waals surface area contributed by atoms with Crippen LogP contribution in [0.3, 0.4) is 0 Å². The molecule has 1 aliphatic heterocycles. The van der Waals surface area contributed by atoms with Crippen molar-refractivity contribution in [1.82, 2.24) is 4.90 Å². The van der Waals surface area contributed by atoms with Crippen molar-refractivity contribution >= 4 is 6.21 Å². The van der Waals surface area contributed by atoms with Crippen LogP contribution in [-0.2, 0) is 4.84 Å². The molecule has 0 aromatic rings. The zero-order valence-corrected chi connectivity index (χ0v) is 11.1. The van der Waals surface area contributed by atoms with Crippen molar-refractivity contribution in [2.45, 2.75) is 59.1 Å². The quantitative estimate of drug-likeness (QED) is 0.533. The SMILES string of the molecule is C/C=N\OC1(CC)CC(C)N(C)C1.CC. The van der Waals surface area contributed by atoms with Gasteiger partial charge in [-0.1, -0.05) is 25.9 Å². The van der Waals surface area contributed by atoms with Crippen LogP contribution in [0.2, 0.25) is 0 Å². The van der Waals surface area contributed by atoms with Crippen molar-refractivity contribution in [2.75, 3.05) is 13.6 Å². The predicted molar refractivity (Wildman–Crippen MR) is 66.3 cm³/mol. The van der Waals surface area contributed by atoms with Gasteiger partial charge in [-0.3, -0.25) is 4.90 Å². The van der Waals surface area contributed by atoms with E-state index in [1.807, 2.05) is 20.8 Å². The van der Waals surface area contributed by atoms with Crippen molar-refractivity contribution in [2.24, 2.45) is 5.16 Å². The van der Waals surface area contributed by atoms with Gasteiger partial charge in [0.2, 0.25) is 0 Å². The first-order valence-electron chi connectivity index (χ1n) is 6.00. The normalized spacial score (nSPS) is 31.5. The fraction of sp³-hybridized carbons (Fsp3) is 0.917. The van der Waals surface area contributed by atoms with Gasteiger partial charge in [-0.2, -0.15) is 0 Å². The predicted octanol–water partition coefficient (Wildman–Crippen LogP) is 2.91. The molecule has 1 rings (SSSR count). The molecule has 0 aromatic heterocycles. The van der Waals surface area contributed by atoms with E-state index in [-0.39, 0.29) is 5.60 Å². The van der Waals surface area contributed by atoms with Crippen molar-refractivity contribution in [3.8, 4) is 0 Å². The summed E-state index contributed by atoms with van der Waals surface area (Å²) in [5, 5.41) is 3.91. The Morgan fingerprint density at radius 1 is 1.53 bits per heavy atom. The summed E-state index contributed by atoms with van der Waals surface area (Å²) in [5.41, 5.74) is -0.0410.